The minimum Gasteiger partial charge on any atom is -0.383 e. The van der Waals surface area contributed by atoms with Gasteiger partial charge in [-0.2, -0.15) is 4.31 Å². The Morgan fingerprint density at radius 1 is 1.32 bits per heavy atom. The lowest BCUT2D eigenvalue weighted by molar-refractivity contribution is -0.144. The second-order valence-electron chi connectivity index (χ2n) is 7.36. The maximum Gasteiger partial charge on any atom is 0.251 e. The number of sulfonamides is 1. The first-order chi connectivity index (χ1) is 11.7. The zero-order chi connectivity index (χ0) is 18.4. The molecule has 0 radical (unpaired) electrons. The Kier molecular flexibility index (Phi) is 4.67. The summed E-state index contributed by atoms with van der Waals surface area (Å²) in [5.74, 6) is -0.433. The third-order valence-corrected chi connectivity index (χ3v) is 6.72. The zero-order valence-electron chi connectivity index (χ0n) is 14.9. The van der Waals surface area contributed by atoms with E-state index in [0.717, 1.165) is 11.4 Å². The minimum absolute atomic E-state index is 0.150. The van der Waals surface area contributed by atoms with Gasteiger partial charge < -0.3 is 15.0 Å². The lowest BCUT2D eigenvalue weighted by Gasteiger charge is -2.49. The van der Waals surface area contributed by atoms with Gasteiger partial charge in [0.1, 0.15) is 6.10 Å². The second-order valence-corrected chi connectivity index (χ2v) is 9.27. The summed E-state index contributed by atoms with van der Waals surface area (Å²) >= 11 is 0. The topological polar surface area (TPSA) is 107 Å². The summed E-state index contributed by atoms with van der Waals surface area (Å²) in [4.78, 5) is 21.6. The summed E-state index contributed by atoms with van der Waals surface area (Å²) in [5.41, 5.74) is 1.04. The molecule has 0 aromatic carbocycles. The van der Waals surface area contributed by atoms with Gasteiger partial charge in [0, 0.05) is 31.7 Å². The number of nitrogens with zero attached hydrogens (tertiary/aromatic N) is 3. The smallest absolute Gasteiger partial charge is 0.251 e. The highest BCUT2D eigenvalue weighted by Crippen LogP contribution is 2.43. The quantitative estimate of drug-likeness (QED) is 0.783. The molecular weight excluding hydrogens is 344 g/mol. The molecule has 1 atom stereocenters. The van der Waals surface area contributed by atoms with E-state index >= 15 is 0 Å². The van der Waals surface area contributed by atoms with Gasteiger partial charge in [0.05, 0.1) is 23.8 Å². The van der Waals surface area contributed by atoms with Crippen molar-refractivity contribution in [3.8, 4) is 0 Å². The average Bonchev–Trinajstić information content (AvgIpc) is 3.03. The molecule has 140 valence electrons. The van der Waals surface area contributed by atoms with E-state index in [1.807, 2.05) is 0 Å². The predicted molar refractivity (Wildman–Crippen MR) is 92.2 cm³/mol. The lowest BCUT2D eigenvalue weighted by Crippen LogP contribution is -2.59. The molecule has 1 aromatic rings. The summed E-state index contributed by atoms with van der Waals surface area (Å²) in [6.45, 7) is 4.82. The molecular formula is C16H26N4O4S. The number of aliphatic hydroxyl groups is 1. The lowest BCUT2D eigenvalue weighted by atomic mass is 9.80. The third-order valence-electron chi connectivity index (χ3n) is 5.39. The van der Waals surface area contributed by atoms with Crippen molar-refractivity contribution >= 4 is 15.9 Å². The molecule has 0 unspecified atom stereocenters. The van der Waals surface area contributed by atoms with Gasteiger partial charge in [0.15, 0.2) is 0 Å². The van der Waals surface area contributed by atoms with Crippen molar-refractivity contribution in [2.75, 3.05) is 25.9 Å². The second kappa shape index (κ2) is 6.37. The fourth-order valence-corrected chi connectivity index (χ4v) is 5.32. The number of carbonyl (C=O) groups excluding carboxylic acids is 1. The van der Waals surface area contributed by atoms with Crippen molar-refractivity contribution in [3.63, 3.8) is 0 Å². The molecule has 9 heteroatoms. The van der Waals surface area contributed by atoms with Gasteiger partial charge in [-0.3, -0.25) is 4.79 Å². The van der Waals surface area contributed by atoms with Gasteiger partial charge in [0.25, 0.3) is 5.91 Å². The summed E-state index contributed by atoms with van der Waals surface area (Å²) in [6, 6.07) is 0. The minimum atomic E-state index is -3.40. The van der Waals surface area contributed by atoms with Gasteiger partial charge in [-0.1, -0.05) is 13.8 Å². The van der Waals surface area contributed by atoms with E-state index in [-0.39, 0.29) is 11.8 Å². The number of carbonyl (C=O) groups is 1. The molecule has 0 saturated carbocycles. The highest BCUT2D eigenvalue weighted by Gasteiger charge is 2.50. The number of aromatic amines is 1. The Bertz CT molecular complexity index is 750. The Balaban J connectivity index is 1.88. The maximum absolute atomic E-state index is 12.4. The fourth-order valence-electron chi connectivity index (χ4n) is 4.00. The van der Waals surface area contributed by atoms with Crippen LogP contribution in [0.25, 0.3) is 0 Å². The van der Waals surface area contributed by atoms with Crippen molar-refractivity contribution in [2.24, 2.45) is 5.92 Å². The van der Waals surface area contributed by atoms with Gasteiger partial charge >= 0.3 is 0 Å². The Morgan fingerprint density at radius 3 is 2.52 bits per heavy atom. The van der Waals surface area contributed by atoms with Gasteiger partial charge in [0.2, 0.25) is 10.0 Å². The Hall–Kier alpha value is -1.45. The highest BCUT2D eigenvalue weighted by atomic mass is 32.2. The average molecular weight is 370 g/mol. The summed E-state index contributed by atoms with van der Waals surface area (Å²) in [5, 5.41) is 10.0. The number of rotatable bonds is 3. The molecule has 1 saturated heterocycles. The molecule has 0 bridgehead atoms. The number of aliphatic hydroxyl groups excluding tert-OH is 1. The Labute approximate surface area is 148 Å². The van der Waals surface area contributed by atoms with Crippen molar-refractivity contribution in [3.05, 3.63) is 17.7 Å². The fraction of sp³-hybridized carbons (Fsp3) is 0.750. The molecule has 2 aliphatic heterocycles. The molecule has 1 fully saturated rings. The maximum atomic E-state index is 12.4. The van der Waals surface area contributed by atoms with Crippen LogP contribution in [0.3, 0.4) is 0 Å². The monoisotopic (exact) mass is 370 g/mol. The van der Waals surface area contributed by atoms with E-state index in [2.05, 4.69) is 9.97 Å². The summed E-state index contributed by atoms with van der Waals surface area (Å²) < 4.78 is 26.3. The van der Waals surface area contributed by atoms with Crippen molar-refractivity contribution in [1.29, 1.82) is 0 Å². The number of hydrogen-bond donors (Lipinski definition) is 2. The first kappa shape index (κ1) is 18.3. The highest BCUT2D eigenvalue weighted by molar-refractivity contribution is 7.88. The van der Waals surface area contributed by atoms with Gasteiger partial charge in [-0.25, -0.2) is 13.4 Å². The largest absolute Gasteiger partial charge is 0.383 e. The van der Waals surface area contributed by atoms with Crippen LogP contribution >= 0.6 is 0 Å². The van der Waals surface area contributed by atoms with E-state index in [4.69, 9.17) is 0 Å². The van der Waals surface area contributed by atoms with Crippen LogP contribution in [0.4, 0.5) is 0 Å². The number of fused-ring (bicyclic) bond motifs is 2. The van der Waals surface area contributed by atoms with Crippen LogP contribution in [0.2, 0.25) is 0 Å². The molecule has 1 amide bonds. The molecule has 1 aromatic heterocycles. The van der Waals surface area contributed by atoms with E-state index < -0.39 is 21.7 Å². The number of imidazole rings is 1. The number of nitrogens with one attached hydrogen (secondary N) is 1. The van der Waals surface area contributed by atoms with Crippen molar-refractivity contribution in [1.82, 2.24) is 19.2 Å². The standard InChI is InChI=1S/C16H26N4O4S/c1-11(2)13(21)15(22)19-8-5-16(6-9-19)14-12(17-10-18-14)4-7-20(16)25(3,23)24/h10-11,13,21H,4-9H2,1-3H3,(H,17,18)/t13-/m1/s1. The number of piperidine rings is 1. The number of hydrogen-bond acceptors (Lipinski definition) is 5. The molecule has 2 N–H and O–H groups in total. The predicted octanol–water partition coefficient (Wildman–Crippen LogP) is 0.0620. The van der Waals surface area contributed by atoms with Crippen LogP contribution in [0, 0.1) is 5.92 Å². The van der Waals surface area contributed by atoms with Crippen LogP contribution in [0.1, 0.15) is 38.1 Å². The zero-order valence-corrected chi connectivity index (χ0v) is 15.7. The molecule has 0 aliphatic carbocycles. The van der Waals surface area contributed by atoms with Crippen LogP contribution < -0.4 is 0 Å². The SMILES string of the molecule is CC(C)[C@@H](O)C(=O)N1CCC2(CC1)c1nc[nH]c1CCN2S(C)(=O)=O. The van der Waals surface area contributed by atoms with Crippen LogP contribution in [0.5, 0.6) is 0 Å². The van der Waals surface area contributed by atoms with Crippen molar-refractivity contribution in [2.45, 2.75) is 44.8 Å². The summed E-state index contributed by atoms with van der Waals surface area (Å²) in [7, 11) is -3.40. The van der Waals surface area contributed by atoms with Crippen molar-refractivity contribution < 1.29 is 18.3 Å². The van der Waals surface area contributed by atoms with Crippen LogP contribution in [-0.2, 0) is 26.8 Å². The van der Waals surface area contributed by atoms with Gasteiger partial charge in [-0.15, -0.1) is 0 Å². The molecule has 25 heavy (non-hydrogen) atoms. The van der Waals surface area contributed by atoms with E-state index in [1.165, 1.54) is 6.26 Å². The van der Waals surface area contributed by atoms with E-state index in [9.17, 15) is 18.3 Å². The Morgan fingerprint density at radius 2 is 1.96 bits per heavy atom. The molecule has 8 nitrogen and oxygen atoms in total. The molecule has 1 spiro atoms. The summed E-state index contributed by atoms with van der Waals surface area (Å²) in [6.07, 6.45) is 3.39. The molecule has 3 heterocycles. The molecule has 3 rings (SSSR count). The molecule has 2 aliphatic rings. The van der Waals surface area contributed by atoms with Gasteiger partial charge in [-0.05, 0) is 18.8 Å². The number of aromatic nitrogens is 2. The third kappa shape index (κ3) is 3.09. The number of amides is 1. The normalized spacial score (nSPS) is 22.2. The first-order valence-electron chi connectivity index (χ1n) is 8.64. The number of H-pyrrole nitrogens is 1. The van der Waals surface area contributed by atoms with Crippen LogP contribution in [0.15, 0.2) is 6.33 Å². The number of likely N-dealkylation sites (tertiary alicyclic amines) is 1. The van der Waals surface area contributed by atoms with E-state index in [0.29, 0.717) is 38.9 Å². The first-order valence-corrected chi connectivity index (χ1v) is 10.5. The van der Waals surface area contributed by atoms with E-state index in [1.54, 1.807) is 29.4 Å². The van der Waals surface area contributed by atoms with Crippen LogP contribution in [-0.4, -0.2) is 70.6 Å².